The number of primary amides is 1. The first-order valence-electron chi connectivity index (χ1n) is 3.88. The first-order chi connectivity index (χ1) is 6.09. The summed E-state index contributed by atoms with van der Waals surface area (Å²) < 4.78 is 0. The van der Waals surface area contributed by atoms with Crippen LogP contribution in [0.15, 0.2) is 18.2 Å². The summed E-state index contributed by atoms with van der Waals surface area (Å²) in [6, 6.07) is 5.05. The van der Waals surface area contributed by atoms with E-state index < -0.39 is 6.03 Å². The van der Waals surface area contributed by atoms with Crippen LogP contribution in [0.1, 0.15) is 11.1 Å². The van der Waals surface area contributed by atoms with Gasteiger partial charge in [0.25, 0.3) is 0 Å². The van der Waals surface area contributed by atoms with E-state index in [-0.39, 0.29) is 0 Å². The maximum atomic E-state index is 10.4. The van der Waals surface area contributed by atoms with Gasteiger partial charge in [0.1, 0.15) is 0 Å². The highest BCUT2D eigenvalue weighted by Gasteiger charge is 1.98. The Hall–Kier alpha value is -1.22. The van der Waals surface area contributed by atoms with Crippen LogP contribution in [0.3, 0.4) is 0 Å². The van der Waals surface area contributed by atoms with E-state index in [1.54, 1.807) is 6.07 Å². The second kappa shape index (κ2) is 4.14. The molecule has 70 valence electrons. The average molecular weight is 199 g/mol. The fraction of sp³-hybridized carbons (Fsp3) is 0.222. The Morgan fingerprint density at radius 3 is 2.85 bits per heavy atom. The Balaban J connectivity index is 2.68. The second-order valence-corrected chi connectivity index (χ2v) is 3.21. The van der Waals surface area contributed by atoms with Gasteiger partial charge in [-0.05, 0) is 24.1 Å². The molecule has 0 radical (unpaired) electrons. The summed E-state index contributed by atoms with van der Waals surface area (Å²) in [5.41, 5.74) is 6.91. The lowest BCUT2D eigenvalue weighted by atomic mass is 10.1. The first-order valence-corrected chi connectivity index (χ1v) is 4.25. The van der Waals surface area contributed by atoms with Crippen LogP contribution in [0, 0.1) is 6.92 Å². The van der Waals surface area contributed by atoms with Gasteiger partial charge in [0, 0.05) is 11.6 Å². The summed E-state index contributed by atoms with van der Waals surface area (Å²) in [5.74, 6) is 0. The molecule has 0 fully saturated rings. The molecule has 1 rings (SSSR count). The van der Waals surface area contributed by atoms with Crippen molar-refractivity contribution in [1.29, 1.82) is 0 Å². The molecule has 0 aromatic heterocycles. The molecule has 3 N–H and O–H groups in total. The molecule has 0 spiro atoms. The fourth-order valence-corrected chi connectivity index (χ4v) is 1.12. The normalized spacial score (nSPS) is 9.69. The lowest BCUT2D eigenvalue weighted by Gasteiger charge is -2.04. The predicted octanol–water partition coefficient (Wildman–Crippen LogP) is 1.82. The molecule has 0 unspecified atom stereocenters. The summed E-state index contributed by atoms with van der Waals surface area (Å²) in [7, 11) is 0. The van der Waals surface area contributed by atoms with E-state index in [4.69, 9.17) is 17.3 Å². The third-order valence-electron chi connectivity index (χ3n) is 1.69. The minimum atomic E-state index is -0.521. The van der Waals surface area contributed by atoms with E-state index >= 15 is 0 Å². The molecule has 0 bridgehead atoms. The van der Waals surface area contributed by atoms with Crippen LogP contribution in [0.5, 0.6) is 0 Å². The van der Waals surface area contributed by atoms with Crippen molar-refractivity contribution in [2.45, 2.75) is 13.5 Å². The molecule has 2 amide bonds. The van der Waals surface area contributed by atoms with Crippen LogP contribution in [-0.4, -0.2) is 6.03 Å². The Bertz CT molecular complexity index is 325. The summed E-state index contributed by atoms with van der Waals surface area (Å²) in [6.45, 7) is 2.35. The maximum absolute atomic E-state index is 10.4. The summed E-state index contributed by atoms with van der Waals surface area (Å²) in [5, 5.41) is 3.23. The van der Waals surface area contributed by atoms with Crippen molar-refractivity contribution in [2.24, 2.45) is 5.73 Å². The second-order valence-electron chi connectivity index (χ2n) is 2.80. The van der Waals surface area contributed by atoms with E-state index in [1.807, 2.05) is 19.1 Å². The van der Waals surface area contributed by atoms with Crippen molar-refractivity contribution in [3.05, 3.63) is 34.3 Å². The molecule has 4 heteroatoms. The van der Waals surface area contributed by atoms with Crippen molar-refractivity contribution < 1.29 is 4.79 Å². The highest BCUT2D eigenvalue weighted by molar-refractivity contribution is 6.31. The van der Waals surface area contributed by atoms with E-state index in [2.05, 4.69) is 5.32 Å². The van der Waals surface area contributed by atoms with Gasteiger partial charge in [0.15, 0.2) is 0 Å². The molecule has 3 nitrogen and oxygen atoms in total. The minimum Gasteiger partial charge on any atom is -0.352 e. The molecule has 0 saturated heterocycles. The van der Waals surface area contributed by atoms with Gasteiger partial charge in [-0.1, -0.05) is 23.7 Å². The molecule has 1 aromatic rings. The van der Waals surface area contributed by atoms with Crippen molar-refractivity contribution in [1.82, 2.24) is 5.32 Å². The van der Waals surface area contributed by atoms with E-state index in [9.17, 15) is 4.79 Å². The SMILES string of the molecule is Cc1cc(CNC(N)=O)ccc1Cl. The number of nitrogens with one attached hydrogen (secondary N) is 1. The zero-order valence-corrected chi connectivity index (χ0v) is 8.06. The van der Waals surface area contributed by atoms with Crippen LogP contribution >= 0.6 is 11.6 Å². The largest absolute Gasteiger partial charge is 0.352 e. The van der Waals surface area contributed by atoms with Crippen molar-refractivity contribution in [2.75, 3.05) is 0 Å². The molecule has 0 saturated carbocycles. The highest BCUT2D eigenvalue weighted by atomic mass is 35.5. The number of carbonyl (C=O) groups is 1. The Morgan fingerprint density at radius 2 is 2.31 bits per heavy atom. The van der Waals surface area contributed by atoms with Gasteiger partial charge in [-0.3, -0.25) is 0 Å². The molecular formula is C9H11ClN2O. The van der Waals surface area contributed by atoms with Gasteiger partial charge in [0.2, 0.25) is 0 Å². The zero-order valence-electron chi connectivity index (χ0n) is 7.30. The summed E-state index contributed by atoms with van der Waals surface area (Å²) in [4.78, 5) is 10.4. The quantitative estimate of drug-likeness (QED) is 0.749. The van der Waals surface area contributed by atoms with Crippen LogP contribution in [0.4, 0.5) is 4.79 Å². The lowest BCUT2D eigenvalue weighted by Crippen LogP contribution is -2.28. The summed E-state index contributed by atoms with van der Waals surface area (Å²) in [6.07, 6.45) is 0. The predicted molar refractivity (Wildman–Crippen MR) is 52.6 cm³/mol. The number of amides is 2. The molecule has 0 aliphatic carbocycles. The smallest absolute Gasteiger partial charge is 0.312 e. The highest BCUT2D eigenvalue weighted by Crippen LogP contribution is 2.15. The van der Waals surface area contributed by atoms with Gasteiger partial charge in [0.05, 0.1) is 0 Å². The van der Waals surface area contributed by atoms with Crippen LogP contribution in [0.25, 0.3) is 0 Å². The third-order valence-corrected chi connectivity index (χ3v) is 2.11. The monoisotopic (exact) mass is 198 g/mol. The molecule has 0 aliphatic rings. The average Bonchev–Trinajstić information content (AvgIpc) is 2.07. The van der Waals surface area contributed by atoms with E-state index in [0.29, 0.717) is 6.54 Å². The molecule has 1 aromatic carbocycles. The van der Waals surface area contributed by atoms with Crippen LogP contribution < -0.4 is 11.1 Å². The number of urea groups is 1. The van der Waals surface area contributed by atoms with Crippen molar-refractivity contribution >= 4 is 17.6 Å². The molecule has 0 aliphatic heterocycles. The van der Waals surface area contributed by atoms with Crippen molar-refractivity contribution in [3.63, 3.8) is 0 Å². The van der Waals surface area contributed by atoms with Gasteiger partial charge < -0.3 is 11.1 Å². The number of aryl methyl sites for hydroxylation is 1. The number of carbonyl (C=O) groups excluding carboxylic acids is 1. The van der Waals surface area contributed by atoms with Gasteiger partial charge in [-0.25, -0.2) is 4.79 Å². The number of hydrogen-bond acceptors (Lipinski definition) is 1. The van der Waals surface area contributed by atoms with Gasteiger partial charge in [-0.15, -0.1) is 0 Å². The molecular weight excluding hydrogens is 188 g/mol. The Morgan fingerprint density at radius 1 is 1.62 bits per heavy atom. The zero-order chi connectivity index (χ0) is 9.84. The van der Waals surface area contributed by atoms with Gasteiger partial charge in [-0.2, -0.15) is 0 Å². The standard InChI is InChI=1S/C9H11ClN2O/c1-6-4-7(2-3-8(6)10)5-12-9(11)13/h2-4H,5H2,1H3,(H3,11,12,13). The van der Waals surface area contributed by atoms with E-state index in [1.165, 1.54) is 0 Å². The number of rotatable bonds is 2. The van der Waals surface area contributed by atoms with E-state index in [0.717, 1.165) is 16.1 Å². The lowest BCUT2D eigenvalue weighted by molar-refractivity contribution is 0.248. The number of nitrogens with two attached hydrogens (primary N) is 1. The third kappa shape index (κ3) is 2.95. The molecule has 13 heavy (non-hydrogen) atoms. The maximum Gasteiger partial charge on any atom is 0.312 e. The van der Waals surface area contributed by atoms with Gasteiger partial charge >= 0.3 is 6.03 Å². The molecule has 0 heterocycles. The molecule has 0 atom stereocenters. The minimum absolute atomic E-state index is 0.438. The fourth-order valence-electron chi connectivity index (χ4n) is 1.01. The first kappa shape index (κ1) is 9.86. The topological polar surface area (TPSA) is 55.1 Å². The number of halogens is 1. The number of benzene rings is 1. The number of hydrogen-bond donors (Lipinski definition) is 2. The summed E-state index contributed by atoms with van der Waals surface area (Å²) >= 11 is 5.83. The Labute approximate surface area is 81.9 Å². The van der Waals surface area contributed by atoms with Crippen LogP contribution in [-0.2, 0) is 6.54 Å². The van der Waals surface area contributed by atoms with Crippen molar-refractivity contribution in [3.8, 4) is 0 Å². The Kier molecular flexibility index (Phi) is 3.14. The van der Waals surface area contributed by atoms with Crippen LogP contribution in [0.2, 0.25) is 5.02 Å².